The van der Waals surface area contributed by atoms with Gasteiger partial charge in [-0.25, -0.2) is 0 Å². The van der Waals surface area contributed by atoms with Crippen LogP contribution in [0.2, 0.25) is 0 Å². The Balaban J connectivity index is 3.40. The molecule has 5 nitrogen and oxygen atoms in total. The predicted octanol–water partition coefficient (Wildman–Crippen LogP) is -0.107. The van der Waals surface area contributed by atoms with E-state index in [9.17, 15) is 4.79 Å². The van der Waals surface area contributed by atoms with E-state index in [1.54, 1.807) is 14.2 Å². The van der Waals surface area contributed by atoms with Crippen LogP contribution in [0.15, 0.2) is 0 Å². The highest BCUT2D eigenvalue weighted by molar-refractivity contribution is 5.76. The van der Waals surface area contributed by atoms with Crippen molar-refractivity contribution in [3.05, 3.63) is 0 Å². The van der Waals surface area contributed by atoms with E-state index in [-0.39, 0.29) is 12.0 Å². The molecule has 0 aliphatic carbocycles. The Hall–Kier alpha value is -0.650. The minimum atomic E-state index is -0.177. The second-order valence-electron chi connectivity index (χ2n) is 3.35. The molecule has 0 fully saturated rings. The molecule has 0 saturated carbocycles. The van der Waals surface area contributed by atoms with Gasteiger partial charge >= 0.3 is 0 Å². The van der Waals surface area contributed by atoms with Crippen molar-refractivity contribution in [3.8, 4) is 0 Å². The van der Waals surface area contributed by atoms with E-state index in [2.05, 4.69) is 5.32 Å². The predicted molar refractivity (Wildman–Crippen MR) is 58.6 cm³/mol. The first-order chi connectivity index (χ1) is 7.24. The molecule has 0 aromatic heterocycles. The molecule has 0 spiro atoms. The lowest BCUT2D eigenvalue weighted by atomic mass is 10.2. The lowest BCUT2D eigenvalue weighted by molar-refractivity contribution is -0.123. The molecule has 0 saturated heterocycles. The molecule has 0 heterocycles. The van der Waals surface area contributed by atoms with Crippen LogP contribution < -0.4 is 11.1 Å². The van der Waals surface area contributed by atoms with Gasteiger partial charge in [-0.05, 0) is 12.8 Å². The van der Waals surface area contributed by atoms with Crippen LogP contribution in [-0.4, -0.2) is 45.9 Å². The molecule has 0 aliphatic heterocycles. The number of amides is 1. The van der Waals surface area contributed by atoms with Crippen LogP contribution in [0.3, 0.4) is 0 Å². The third-order valence-electron chi connectivity index (χ3n) is 2.11. The third kappa shape index (κ3) is 8.35. The molecule has 15 heavy (non-hydrogen) atoms. The number of carbonyl (C=O) groups excluding carboxylic acids is 1. The molecule has 1 amide bonds. The Kier molecular flexibility index (Phi) is 9.46. The first-order valence-electron chi connectivity index (χ1n) is 5.23. The number of ether oxygens (including phenoxy) is 2. The molecule has 0 aromatic rings. The van der Waals surface area contributed by atoms with E-state index in [1.807, 2.05) is 0 Å². The second kappa shape index (κ2) is 9.89. The molecule has 1 atom stereocenters. The van der Waals surface area contributed by atoms with Crippen LogP contribution in [0.25, 0.3) is 0 Å². The van der Waals surface area contributed by atoms with Crippen molar-refractivity contribution in [2.24, 2.45) is 5.73 Å². The van der Waals surface area contributed by atoms with Crippen molar-refractivity contribution in [2.45, 2.75) is 25.4 Å². The summed E-state index contributed by atoms with van der Waals surface area (Å²) in [4.78, 5) is 11.3. The maximum absolute atomic E-state index is 11.3. The number of carbonyl (C=O) groups is 1. The zero-order valence-electron chi connectivity index (χ0n) is 9.62. The number of nitrogens with one attached hydrogen (secondary N) is 1. The minimum Gasteiger partial charge on any atom is -0.385 e. The molecule has 0 rings (SSSR count). The highest BCUT2D eigenvalue weighted by Gasteiger charge is 2.10. The highest BCUT2D eigenvalue weighted by atomic mass is 16.5. The average Bonchev–Trinajstić information content (AvgIpc) is 2.25. The number of nitrogens with two attached hydrogens (primary N) is 1. The van der Waals surface area contributed by atoms with Crippen LogP contribution in [0.4, 0.5) is 0 Å². The molecule has 5 heteroatoms. The van der Waals surface area contributed by atoms with Gasteiger partial charge in [-0.3, -0.25) is 4.79 Å². The number of hydrogen-bond acceptors (Lipinski definition) is 4. The molecule has 90 valence electrons. The summed E-state index contributed by atoms with van der Waals surface area (Å²) < 4.78 is 9.91. The van der Waals surface area contributed by atoms with Gasteiger partial charge in [0.25, 0.3) is 0 Å². The largest absolute Gasteiger partial charge is 0.385 e. The molecule has 3 N–H and O–H groups in total. The van der Waals surface area contributed by atoms with E-state index >= 15 is 0 Å². The topological polar surface area (TPSA) is 73.6 Å². The Bertz CT molecular complexity index is 161. The van der Waals surface area contributed by atoms with E-state index in [0.717, 1.165) is 19.4 Å². The Morgan fingerprint density at radius 1 is 1.40 bits per heavy atom. The van der Waals surface area contributed by atoms with Gasteiger partial charge < -0.3 is 20.5 Å². The van der Waals surface area contributed by atoms with E-state index < -0.39 is 0 Å². The summed E-state index contributed by atoms with van der Waals surface area (Å²) in [5.74, 6) is -0.00952. The van der Waals surface area contributed by atoms with Crippen molar-refractivity contribution in [1.29, 1.82) is 0 Å². The number of hydrogen-bond donors (Lipinski definition) is 2. The molecule has 0 radical (unpaired) electrons. The SMILES string of the molecule is COCCCCNC(=O)CC(CN)OC. The summed E-state index contributed by atoms with van der Waals surface area (Å²) in [5.41, 5.74) is 5.40. The van der Waals surface area contributed by atoms with Crippen LogP contribution in [0.1, 0.15) is 19.3 Å². The molecular weight excluding hydrogens is 196 g/mol. The van der Waals surface area contributed by atoms with Gasteiger partial charge in [-0.1, -0.05) is 0 Å². The maximum atomic E-state index is 11.3. The van der Waals surface area contributed by atoms with Crippen molar-refractivity contribution in [2.75, 3.05) is 33.9 Å². The number of rotatable bonds is 9. The van der Waals surface area contributed by atoms with Crippen LogP contribution >= 0.6 is 0 Å². The lowest BCUT2D eigenvalue weighted by Gasteiger charge is -2.12. The third-order valence-corrected chi connectivity index (χ3v) is 2.11. The average molecular weight is 218 g/mol. The molecule has 1 unspecified atom stereocenters. The summed E-state index contributed by atoms with van der Waals surface area (Å²) in [6, 6.07) is 0. The van der Waals surface area contributed by atoms with Gasteiger partial charge in [-0.2, -0.15) is 0 Å². The molecule has 0 aliphatic rings. The fraction of sp³-hybridized carbons (Fsp3) is 0.900. The summed E-state index contributed by atoms with van der Waals surface area (Å²) in [7, 11) is 3.23. The van der Waals surface area contributed by atoms with Crippen molar-refractivity contribution in [3.63, 3.8) is 0 Å². The van der Waals surface area contributed by atoms with E-state index in [4.69, 9.17) is 15.2 Å². The van der Waals surface area contributed by atoms with Gasteiger partial charge in [0.15, 0.2) is 0 Å². The van der Waals surface area contributed by atoms with Gasteiger partial charge in [0.2, 0.25) is 5.91 Å². The second-order valence-corrected chi connectivity index (χ2v) is 3.35. The first kappa shape index (κ1) is 14.3. The monoisotopic (exact) mass is 218 g/mol. The van der Waals surface area contributed by atoms with Crippen LogP contribution in [-0.2, 0) is 14.3 Å². The zero-order valence-corrected chi connectivity index (χ0v) is 9.62. The van der Waals surface area contributed by atoms with Gasteiger partial charge in [0.1, 0.15) is 0 Å². The number of methoxy groups -OCH3 is 2. The zero-order chi connectivity index (χ0) is 11.5. The molecule has 0 aromatic carbocycles. The Morgan fingerprint density at radius 2 is 2.13 bits per heavy atom. The highest BCUT2D eigenvalue weighted by Crippen LogP contribution is 1.94. The smallest absolute Gasteiger partial charge is 0.222 e. The molecular formula is C10H22N2O3. The fourth-order valence-electron chi connectivity index (χ4n) is 1.14. The summed E-state index contributed by atoms with van der Waals surface area (Å²) in [6.45, 7) is 1.79. The van der Waals surface area contributed by atoms with E-state index in [1.165, 1.54) is 0 Å². The standard InChI is InChI=1S/C10H22N2O3/c1-14-6-4-3-5-12-10(13)7-9(8-11)15-2/h9H,3-8,11H2,1-2H3,(H,12,13). The maximum Gasteiger partial charge on any atom is 0.222 e. The first-order valence-corrected chi connectivity index (χ1v) is 5.23. The normalized spacial score (nSPS) is 12.5. The minimum absolute atomic E-state index is 0.00952. The fourth-order valence-corrected chi connectivity index (χ4v) is 1.14. The van der Waals surface area contributed by atoms with Gasteiger partial charge in [0, 0.05) is 33.9 Å². The van der Waals surface area contributed by atoms with E-state index in [0.29, 0.717) is 19.5 Å². The van der Waals surface area contributed by atoms with Crippen molar-refractivity contribution < 1.29 is 14.3 Å². The quantitative estimate of drug-likeness (QED) is 0.530. The van der Waals surface area contributed by atoms with Crippen LogP contribution in [0.5, 0.6) is 0 Å². The Labute approximate surface area is 91.3 Å². The molecule has 0 bridgehead atoms. The Morgan fingerprint density at radius 3 is 2.67 bits per heavy atom. The summed E-state index contributed by atoms with van der Waals surface area (Å²) in [6.07, 6.45) is 2.04. The van der Waals surface area contributed by atoms with Crippen molar-refractivity contribution >= 4 is 5.91 Å². The summed E-state index contributed by atoms with van der Waals surface area (Å²) >= 11 is 0. The number of unbranched alkanes of at least 4 members (excludes halogenated alkanes) is 1. The van der Waals surface area contributed by atoms with Crippen LogP contribution in [0, 0.1) is 0 Å². The van der Waals surface area contributed by atoms with Gasteiger partial charge in [0.05, 0.1) is 12.5 Å². The van der Waals surface area contributed by atoms with Gasteiger partial charge in [-0.15, -0.1) is 0 Å². The summed E-state index contributed by atoms with van der Waals surface area (Å²) in [5, 5.41) is 2.81. The van der Waals surface area contributed by atoms with Crippen molar-refractivity contribution in [1.82, 2.24) is 5.32 Å². The lowest BCUT2D eigenvalue weighted by Crippen LogP contribution is -2.32.